The highest BCUT2D eigenvalue weighted by atomic mass is 35.5. The van der Waals surface area contributed by atoms with Crippen LogP contribution in [0.25, 0.3) is 0 Å². The van der Waals surface area contributed by atoms with E-state index in [0.29, 0.717) is 18.4 Å². The highest BCUT2D eigenvalue weighted by Crippen LogP contribution is 2.18. The van der Waals surface area contributed by atoms with Crippen LogP contribution in [0.3, 0.4) is 0 Å². The zero-order valence-corrected chi connectivity index (χ0v) is 5.93. The lowest BCUT2D eigenvalue weighted by Crippen LogP contribution is -1.90. The standard InChI is InChI=1S/C6H5ClN2O/c7-6-1-4-2-10-3-5(4)8-9-6/h1H,2-3H2. The van der Waals surface area contributed by atoms with E-state index in [1.165, 1.54) is 0 Å². The van der Waals surface area contributed by atoms with Gasteiger partial charge >= 0.3 is 0 Å². The van der Waals surface area contributed by atoms with Gasteiger partial charge in [0.15, 0.2) is 5.15 Å². The van der Waals surface area contributed by atoms with Gasteiger partial charge in [0.05, 0.1) is 18.9 Å². The molecule has 0 radical (unpaired) electrons. The van der Waals surface area contributed by atoms with E-state index in [1.807, 2.05) is 0 Å². The van der Waals surface area contributed by atoms with Gasteiger partial charge in [0.2, 0.25) is 0 Å². The summed E-state index contributed by atoms with van der Waals surface area (Å²) in [6.07, 6.45) is 0. The van der Waals surface area contributed by atoms with Gasteiger partial charge in [-0.15, -0.1) is 5.10 Å². The number of nitrogens with zero attached hydrogens (tertiary/aromatic N) is 2. The van der Waals surface area contributed by atoms with Crippen molar-refractivity contribution in [3.63, 3.8) is 0 Å². The summed E-state index contributed by atoms with van der Waals surface area (Å²) < 4.78 is 5.11. The molecule has 2 heterocycles. The first-order valence-corrected chi connectivity index (χ1v) is 3.33. The van der Waals surface area contributed by atoms with Crippen molar-refractivity contribution < 1.29 is 4.74 Å². The van der Waals surface area contributed by atoms with Crippen molar-refractivity contribution in [3.8, 4) is 0 Å². The molecule has 0 spiro atoms. The zero-order valence-electron chi connectivity index (χ0n) is 5.17. The molecule has 0 amide bonds. The Morgan fingerprint density at radius 3 is 3.20 bits per heavy atom. The molecule has 1 aliphatic heterocycles. The number of aromatic nitrogens is 2. The van der Waals surface area contributed by atoms with E-state index in [4.69, 9.17) is 16.3 Å². The third-order valence-electron chi connectivity index (χ3n) is 1.43. The Labute approximate surface area is 63.0 Å². The third kappa shape index (κ3) is 0.874. The van der Waals surface area contributed by atoms with Crippen molar-refractivity contribution in [1.29, 1.82) is 0 Å². The Balaban J connectivity index is 2.52. The number of halogens is 1. The highest BCUT2D eigenvalue weighted by Gasteiger charge is 2.12. The van der Waals surface area contributed by atoms with E-state index < -0.39 is 0 Å². The van der Waals surface area contributed by atoms with Gasteiger partial charge in [-0.05, 0) is 6.07 Å². The molecule has 0 bridgehead atoms. The first kappa shape index (κ1) is 6.07. The Hall–Kier alpha value is -0.670. The fraction of sp³-hybridized carbons (Fsp3) is 0.333. The number of fused-ring (bicyclic) bond motifs is 1. The average molecular weight is 157 g/mol. The minimum Gasteiger partial charge on any atom is -0.370 e. The Morgan fingerprint density at radius 1 is 1.40 bits per heavy atom. The van der Waals surface area contributed by atoms with Gasteiger partial charge in [-0.3, -0.25) is 0 Å². The molecule has 0 aliphatic carbocycles. The van der Waals surface area contributed by atoms with E-state index in [1.54, 1.807) is 6.07 Å². The normalized spacial score (nSPS) is 15.3. The van der Waals surface area contributed by atoms with E-state index in [0.717, 1.165) is 11.3 Å². The minimum absolute atomic E-state index is 0.434. The second-order valence-electron chi connectivity index (χ2n) is 2.13. The summed E-state index contributed by atoms with van der Waals surface area (Å²) in [6.45, 7) is 1.18. The smallest absolute Gasteiger partial charge is 0.152 e. The summed E-state index contributed by atoms with van der Waals surface area (Å²) in [5.74, 6) is 0. The maximum Gasteiger partial charge on any atom is 0.152 e. The summed E-state index contributed by atoms with van der Waals surface area (Å²) in [6, 6.07) is 1.79. The third-order valence-corrected chi connectivity index (χ3v) is 1.61. The van der Waals surface area contributed by atoms with Crippen LogP contribution in [0.15, 0.2) is 6.07 Å². The molecular weight excluding hydrogens is 152 g/mol. The molecule has 0 fully saturated rings. The molecule has 3 nitrogen and oxygen atoms in total. The topological polar surface area (TPSA) is 35.0 Å². The lowest BCUT2D eigenvalue weighted by Gasteiger charge is -1.91. The van der Waals surface area contributed by atoms with E-state index >= 15 is 0 Å². The van der Waals surface area contributed by atoms with Gasteiger partial charge in [0.1, 0.15) is 0 Å². The molecule has 0 aromatic carbocycles. The van der Waals surface area contributed by atoms with Crippen LogP contribution < -0.4 is 0 Å². The molecule has 1 aromatic rings. The van der Waals surface area contributed by atoms with Crippen LogP contribution in [0.5, 0.6) is 0 Å². The van der Waals surface area contributed by atoms with Crippen LogP contribution in [0, 0.1) is 0 Å². The highest BCUT2D eigenvalue weighted by molar-refractivity contribution is 6.29. The SMILES string of the molecule is Clc1cc2c(nn1)COC2. The summed E-state index contributed by atoms with van der Waals surface area (Å²) in [4.78, 5) is 0. The maximum absolute atomic E-state index is 5.59. The number of ether oxygens (including phenoxy) is 1. The second kappa shape index (κ2) is 2.18. The monoisotopic (exact) mass is 156 g/mol. The van der Waals surface area contributed by atoms with Crippen molar-refractivity contribution >= 4 is 11.6 Å². The van der Waals surface area contributed by atoms with Crippen molar-refractivity contribution in [2.75, 3.05) is 0 Å². The number of rotatable bonds is 0. The van der Waals surface area contributed by atoms with Crippen molar-refractivity contribution in [2.45, 2.75) is 13.2 Å². The van der Waals surface area contributed by atoms with E-state index in [9.17, 15) is 0 Å². The summed E-state index contributed by atoms with van der Waals surface area (Å²) in [7, 11) is 0. The summed E-state index contributed by atoms with van der Waals surface area (Å²) in [5.41, 5.74) is 1.96. The van der Waals surface area contributed by atoms with Crippen LogP contribution in [0.1, 0.15) is 11.3 Å². The predicted octanol–water partition coefficient (Wildman–Crippen LogP) is 1.16. The van der Waals surface area contributed by atoms with E-state index in [2.05, 4.69) is 10.2 Å². The Kier molecular flexibility index (Phi) is 1.32. The molecule has 2 rings (SSSR count). The first-order valence-electron chi connectivity index (χ1n) is 2.95. The fourth-order valence-corrected chi connectivity index (χ4v) is 1.10. The van der Waals surface area contributed by atoms with Gasteiger partial charge in [0.25, 0.3) is 0 Å². The van der Waals surface area contributed by atoms with Crippen LogP contribution in [-0.4, -0.2) is 10.2 Å². The van der Waals surface area contributed by atoms with E-state index in [-0.39, 0.29) is 0 Å². The van der Waals surface area contributed by atoms with Gasteiger partial charge < -0.3 is 4.74 Å². The molecule has 1 aromatic heterocycles. The molecule has 4 heteroatoms. The summed E-state index contributed by atoms with van der Waals surface area (Å²) >= 11 is 5.59. The largest absolute Gasteiger partial charge is 0.370 e. The molecule has 0 atom stereocenters. The Bertz CT molecular complexity index is 264. The van der Waals surface area contributed by atoms with Crippen LogP contribution >= 0.6 is 11.6 Å². The number of hydrogen-bond donors (Lipinski definition) is 0. The quantitative estimate of drug-likeness (QED) is 0.566. The molecule has 1 aliphatic rings. The van der Waals surface area contributed by atoms with Crippen molar-refractivity contribution in [1.82, 2.24) is 10.2 Å². The summed E-state index contributed by atoms with van der Waals surface area (Å²) in [5, 5.41) is 7.97. The van der Waals surface area contributed by atoms with Gasteiger partial charge in [-0.1, -0.05) is 11.6 Å². The minimum atomic E-state index is 0.434. The van der Waals surface area contributed by atoms with Gasteiger partial charge in [0, 0.05) is 5.56 Å². The van der Waals surface area contributed by atoms with Crippen LogP contribution in [0.4, 0.5) is 0 Å². The van der Waals surface area contributed by atoms with Gasteiger partial charge in [-0.2, -0.15) is 5.10 Å². The van der Waals surface area contributed by atoms with Gasteiger partial charge in [-0.25, -0.2) is 0 Å². The molecule has 0 unspecified atom stereocenters. The molecule has 0 N–H and O–H groups in total. The number of hydrogen-bond acceptors (Lipinski definition) is 3. The maximum atomic E-state index is 5.59. The molecular formula is C6H5ClN2O. The molecule has 10 heavy (non-hydrogen) atoms. The molecule has 52 valence electrons. The zero-order chi connectivity index (χ0) is 6.97. The Morgan fingerprint density at radius 2 is 2.30 bits per heavy atom. The lowest BCUT2D eigenvalue weighted by molar-refractivity contribution is 0.133. The predicted molar refractivity (Wildman–Crippen MR) is 35.5 cm³/mol. The van der Waals surface area contributed by atoms with Crippen LogP contribution in [-0.2, 0) is 18.0 Å². The van der Waals surface area contributed by atoms with Crippen molar-refractivity contribution in [2.24, 2.45) is 0 Å². The lowest BCUT2D eigenvalue weighted by atomic mass is 10.3. The average Bonchev–Trinajstić information content (AvgIpc) is 2.33. The van der Waals surface area contributed by atoms with Crippen LogP contribution in [0.2, 0.25) is 5.15 Å². The molecule has 0 saturated heterocycles. The first-order chi connectivity index (χ1) is 4.86. The van der Waals surface area contributed by atoms with Crippen molar-refractivity contribution in [3.05, 3.63) is 22.5 Å². The molecule has 0 saturated carbocycles. The fourth-order valence-electron chi connectivity index (χ4n) is 0.932. The second-order valence-corrected chi connectivity index (χ2v) is 2.52.